The van der Waals surface area contributed by atoms with Crippen molar-refractivity contribution >= 4 is 11.3 Å². The molecule has 0 aromatic carbocycles. The van der Waals surface area contributed by atoms with E-state index in [2.05, 4.69) is 17.1 Å². The van der Waals surface area contributed by atoms with E-state index in [1.807, 2.05) is 0 Å². The van der Waals surface area contributed by atoms with Gasteiger partial charge in [0.25, 0.3) is 5.19 Å². The third kappa shape index (κ3) is 2.89. The van der Waals surface area contributed by atoms with Crippen LogP contribution in [0.4, 0.5) is 0 Å². The minimum Gasteiger partial charge on any atom is -0.466 e. The van der Waals surface area contributed by atoms with Crippen molar-refractivity contribution in [1.29, 1.82) is 0 Å². The van der Waals surface area contributed by atoms with Gasteiger partial charge >= 0.3 is 0 Å². The van der Waals surface area contributed by atoms with Gasteiger partial charge in [0.15, 0.2) is 0 Å². The van der Waals surface area contributed by atoms with Crippen LogP contribution in [0.25, 0.3) is 0 Å². The Labute approximate surface area is 93.3 Å². The number of hydrogen-bond acceptors (Lipinski definition) is 5. The number of aliphatic hydroxyl groups excluding tert-OH is 1. The molecule has 1 aliphatic carbocycles. The van der Waals surface area contributed by atoms with Crippen LogP contribution in [-0.4, -0.2) is 21.4 Å². The molecule has 15 heavy (non-hydrogen) atoms. The highest BCUT2D eigenvalue weighted by molar-refractivity contribution is 7.13. The number of nitrogens with zero attached hydrogens (tertiary/aromatic N) is 2. The minimum absolute atomic E-state index is 0.0528. The number of rotatable bonds is 3. The molecule has 0 radical (unpaired) electrons. The van der Waals surface area contributed by atoms with Crippen LogP contribution in [0.15, 0.2) is 0 Å². The molecule has 2 rings (SSSR count). The van der Waals surface area contributed by atoms with Crippen molar-refractivity contribution in [3.05, 3.63) is 5.01 Å². The first-order valence-corrected chi connectivity index (χ1v) is 6.19. The predicted molar refractivity (Wildman–Crippen MR) is 57.9 cm³/mol. The predicted octanol–water partition coefficient (Wildman–Crippen LogP) is 1.99. The van der Waals surface area contributed by atoms with Crippen LogP contribution in [0, 0.1) is 5.92 Å². The molecule has 5 heteroatoms. The number of hydrogen-bond donors (Lipinski definition) is 1. The summed E-state index contributed by atoms with van der Waals surface area (Å²) in [6.07, 6.45) is 4.97. The van der Waals surface area contributed by atoms with E-state index in [0.717, 1.165) is 18.8 Å². The zero-order valence-corrected chi connectivity index (χ0v) is 9.66. The molecule has 4 nitrogen and oxygen atoms in total. The second kappa shape index (κ2) is 4.90. The van der Waals surface area contributed by atoms with E-state index in [9.17, 15) is 0 Å². The Morgan fingerprint density at radius 1 is 1.33 bits per heavy atom. The number of aliphatic hydroxyl groups is 1. The van der Waals surface area contributed by atoms with E-state index in [4.69, 9.17) is 9.84 Å². The molecule has 0 aliphatic heterocycles. The first kappa shape index (κ1) is 10.8. The summed E-state index contributed by atoms with van der Waals surface area (Å²) >= 11 is 1.33. The Balaban J connectivity index is 1.86. The maximum absolute atomic E-state index is 8.84. The summed E-state index contributed by atoms with van der Waals surface area (Å²) in [7, 11) is 0. The molecule has 0 unspecified atom stereocenters. The molecule has 1 aromatic rings. The SMILES string of the molecule is CC1CCC(Oc2nnc(CO)s2)CC1. The van der Waals surface area contributed by atoms with Crippen molar-refractivity contribution in [2.45, 2.75) is 45.3 Å². The second-order valence-corrected chi connectivity index (χ2v) is 5.14. The van der Waals surface area contributed by atoms with Crippen LogP contribution in [0.5, 0.6) is 5.19 Å². The van der Waals surface area contributed by atoms with Gasteiger partial charge in [0.05, 0.1) is 6.61 Å². The Hall–Kier alpha value is -0.680. The maximum Gasteiger partial charge on any atom is 0.294 e. The van der Waals surface area contributed by atoms with E-state index in [-0.39, 0.29) is 6.61 Å². The lowest BCUT2D eigenvalue weighted by molar-refractivity contribution is 0.134. The zero-order chi connectivity index (χ0) is 10.7. The van der Waals surface area contributed by atoms with Gasteiger partial charge in [-0.2, -0.15) is 0 Å². The van der Waals surface area contributed by atoms with Crippen molar-refractivity contribution < 1.29 is 9.84 Å². The van der Waals surface area contributed by atoms with Crippen LogP contribution >= 0.6 is 11.3 Å². The van der Waals surface area contributed by atoms with Gasteiger partial charge in [-0.05, 0) is 31.6 Å². The molecule has 0 saturated heterocycles. The standard InChI is InChI=1S/C10H16N2O2S/c1-7-2-4-8(5-3-7)14-10-12-11-9(6-13)15-10/h7-8,13H,2-6H2,1H3. The highest BCUT2D eigenvalue weighted by atomic mass is 32.1. The normalized spacial score (nSPS) is 26.5. The fourth-order valence-corrected chi connectivity index (χ4v) is 2.45. The highest BCUT2D eigenvalue weighted by Gasteiger charge is 2.20. The topological polar surface area (TPSA) is 55.2 Å². The summed E-state index contributed by atoms with van der Waals surface area (Å²) in [5, 5.41) is 17.8. The minimum atomic E-state index is -0.0528. The molecule has 0 bridgehead atoms. The molecule has 0 amide bonds. The van der Waals surface area contributed by atoms with Crippen molar-refractivity contribution in [3.63, 3.8) is 0 Å². The van der Waals surface area contributed by atoms with Crippen LogP contribution < -0.4 is 4.74 Å². The van der Waals surface area contributed by atoms with Gasteiger partial charge < -0.3 is 9.84 Å². The van der Waals surface area contributed by atoms with Crippen molar-refractivity contribution in [2.75, 3.05) is 0 Å². The maximum atomic E-state index is 8.84. The second-order valence-electron chi connectivity index (χ2n) is 4.12. The Morgan fingerprint density at radius 2 is 2.07 bits per heavy atom. The van der Waals surface area contributed by atoms with Crippen LogP contribution in [0.1, 0.15) is 37.6 Å². The lowest BCUT2D eigenvalue weighted by atomic mass is 9.89. The summed E-state index contributed by atoms with van der Waals surface area (Å²) < 4.78 is 5.72. The average Bonchev–Trinajstić information content (AvgIpc) is 2.69. The molecule has 0 spiro atoms. The van der Waals surface area contributed by atoms with Crippen LogP contribution in [-0.2, 0) is 6.61 Å². The third-order valence-corrected chi connectivity index (χ3v) is 3.61. The quantitative estimate of drug-likeness (QED) is 0.859. The lowest BCUT2D eigenvalue weighted by Crippen LogP contribution is -2.22. The fraction of sp³-hybridized carbons (Fsp3) is 0.800. The van der Waals surface area contributed by atoms with Crippen LogP contribution in [0.2, 0.25) is 0 Å². The monoisotopic (exact) mass is 228 g/mol. The number of aromatic nitrogens is 2. The van der Waals surface area contributed by atoms with E-state index in [1.54, 1.807) is 0 Å². The first-order valence-electron chi connectivity index (χ1n) is 5.38. The summed E-state index contributed by atoms with van der Waals surface area (Å²) in [5.41, 5.74) is 0. The van der Waals surface area contributed by atoms with E-state index < -0.39 is 0 Å². The highest BCUT2D eigenvalue weighted by Crippen LogP contribution is 2.28. The van der Waals surface area contributed by atoms with Gasteiger partial charge in [-0.1, -0.05) is 23.4 Å². The molecule has 1 aliphatic rings. The Bertz CT molecular complexity index is 308. The van der Waals surface area contributed by atoms with E-state index >= 15 is 0 Å². The zero-order valence-electron chi connectivity index (χ0n) is 8.85. The smallest absolute Gasteiger partial charge is 0.294 e. The average molecular weight is 228 g/mol. The van der Waals surface area contributed by atoms with Gasteiger partial charge in [-0.25, -0.2) is 0 Å². The molecule has 0 atom stereocenters. The largest absolute Gasteiger partial charge is 0.466 e. The van der Waals surface area contributed by atoms with Gasteiger partial charge in [-0.15, -0.1) is 5.10 Å². The lowest BCUT2D eigenvalue weighted by Gasteiger charge is -2.25. The summed E-state index contributed by atoms with van der Waals surface area (Å²) in [4.78, 5) is 0. The first-order chi connectivity index (χ1) is 7.28. The molecule has 1 N–H and O–H groups in total. The van der Waals surface area contributed by atoms with Crippen molar-refractivity contribution in [3.8, 4) is 5.19 Å². The number of ether oxygens (including phenoxy) is 1. The summed E-state index contributed by atoms with van der Waals surface area (Å²) in [6, 6.07) is 0. The van der Waals surface area contributed by atoms with Crippen LogP contribution in [0.3, 0.4) is 0 Å². The molecule has 1 fully saturated rings. The fourth-order valence-electron chi connectivity index (χ4n) is 1.84. The van der Waals surface area contributed by atoms with Gasteiger partial charge in [-0.3, -0.25) is 0 Å². The molecule has 84 valence electrons. The van der Waals surface area contributed by atoms with Crippen molar-refractivity contribution in [1.82, 2.24) is 10.2 Å². The Morgan fingerprint density at radius 3 is 2.67 bits per heavy atom. The molecule has 1 aromatic heterocycles. The van der Waals surface area contributed by atoms with E-state index in [1.165, 1.54) is 24.2 Å². The van der Waals surface area contributed by atoms with Gasteiger partial charge in [0.1, 0.15) is 11.1 Å². The van der Waals surface area contributed by atoms with Gasteiger partial charge in [0, 0.05) is 0 Å². The van der Waals surface area contributed by atoms with Gasteiger partial charge in [0.2, 0.25) is 0 Å². The molecular formula is C10H16N2O2S. The van der Waals surface area contributed by atoms with Crippen molar-refractivity contribution in [2.24, 2.45) is 5.92 Å². The molecule has 1 saturated carbocycles. The van der Waals surface area contributed by atoms with E-state index in [0.29, 0.717) is 16.3 Å². The molecular weight excluding hydrogens is 212 g/mol. The molecule has 1 heterocycles. The summed E-state index contributed by atoms with van der Waals surface area (Å²) in [6.45, 7) is 2.23. The summed E-state index contributed by atoms with van der Waals surface area (Å²) in [5.74, 6) is 0.826. The third-order valence-electron chi connectivity index (χ3n) is 2.81. The Kier molecular flexibility index (Phi) is 3.53.